The van der Waals surface area contributed by atoms with Crippen molar-refractivity contribution in [2.45, 2.75) is 31.4 Å². The minimum absolute atomic E-state index is 0.00907. The summed E-state index contributed by atoms with van der Waals surface area (Å²) in [5.41, 5.74) is -1.78. The van der Waals surface area contributed by atoms with Crippen LogP contribution in [0.3, 0.4) is 0 Å². The third kappa shape index (κ3) is 5.87. The summed E-state index contributed by atoms with van der Waals surface area (Å²) in [7, 11) is 0. The fourth-order valence-electron chi connectivity index (χ4n) is 3.02. The average Bonchev–Trinajstić information content (AvgIpc) is 2.77. The molecule has 0 aliphatic heterocycles. The van der Waals surface area contributed by atoms with Gasteiger partial charge in [0.05, 0.1) is 17.9 Å². The molecule has 0 radical (unpaired) electrons. The molecule has 1 unspecified atom stereocenters. The number of nitrogens with zero attached hydrogens (tertiary/aromatic N) is 2. The Balaban J connectivity index is 1.93. The number of amides is 1. The van der Waals surface area contributed by atoms with E-state index in [1.807, 2.05) is 0 Å². The first kappa shape index (κ1) is 25.1. The van der Waals surface area contributed by atoms with Crippen molar-refractivity contribution in [3.8, 4) is 11.3 Å². The molecule has 2 N–H and O–H groups in total. The Morgan fingerprint density at radius 3 is 2.18 bits per heavy atom. The minimum atomic E-state index is -5.03. The summed E-state index contributed by atoms with van der Waals surface area (Å²) in [5, 5.41) is 12.2. The van der Waals surface area contributed by atoms with Crippen molar-refractivity contribution >= 4 is 5.91 Å². The molecule has 180 valence electrons. The topological polar surface area (TPSA) is 75.1 Å². The monoisotopic (exact) mass is 487 g/mol. The zero-order valence-corrected chi connectivity index (χ0v) is 17.2. The van der Waals surface area contributed by atoms with E-state index in [2.05, 4.69) is 15.3 Å². The van der Waals surface area contributed by atoms with E-state index in [1.165, 1.54) is 19.1 Å². The van der Waals surface area contributed by atoms with Crippen molar-refractivity contribution in [3.63, 3.8) is 0 Å². The summed E-state index contributed by atoms with van der Waals surface area (Å²) >= 11 is 0. The molecule has 2 heterocycles. The third-order valence-corrected chi connectivity index (χ3v) is 4.79. The Hall–Kier alpha value is -3.54. The zero-order chi connectivity index (χ0) is 25.3. The van der Waals surface area contributed by atoms with Gasteiger partial charge in [-0.05, 0) is 54.4 Å². The highest BCUT2D eigenvalue weighted by molar-refractivity contribution is 5.96. The van der Waals surface area contributed by atoms with Crippen LogP contribution in [0.2, 0.25) is 0 Å². The van der Waals surface area contributed by atoms with E-state index >= 15 is 0 Å². The number of pyridine rings is 2. The number of hydrogen-bond acceptors (Lipinski definition) is 4. The molecule has 5 nitrogen and oxygen atoms in total. The molecule has 0 fully saturated rings. The number of aliphatic hydroxyl groups excluding tert-OH is 1. The van der Waals surface area contributed by atoms with Crippen LogP contribution >= 0.6 is 0 Å². The second-order valence-electron chi connectivity index (χ2n) is 7.32. The van der Waals surface area contributed by atoms with Gasteiger partial charge in [-0.25, -0.2) is 4.39 Å². The molecule has 12 heteroatoms. The number of hydrogen-bond donors (Lipinski definition) is 2. The van der Waals surface area contributed by atoms with E-state index < -0.39 is 47.5 Å². The fourth-order valence-corrected chi connectivity index (χ4v) is 3.02. The van der Waals surface area contributed by atoms with Crippen LogP contribution in [0.5, 0.6) is 0 Å². The standard InChI is InChI=1S/C22H16F7N3O2/c1-11(12-2-5-18(31-9-12)21(24,25)26)32-20(34)15-7-13(17-4-3-16(23)10-30-17)6-14(8-15)19(33)22(27,28)29/h2-11,19,33H,1H3,(H,32,34)/t11-,19?/m1/s1. The molecule has 34 heavy (non-hydrogen) atoms. The lowest BCUT2D eigenvalue weighted by atomic mass is 9.98. The van der Waals surface area contributed by atoms with Gasteiger partial charge >= 0.3 is 12.4 Å². The number of alkyl halides is 6. The number of carbonyl (C=O) groups excluding carboxylic acids is 1. The fraction of sp³-hybridized carbons (Fsp3) is 0.227. The summed E-state index contributed by atoms with van der Waals surface area (Å²) < 4.78 is 90.5. The van der Waals surface area contributed by atoms with Crippen molar-refractivity contribution in [1.29, 1.82) is 0 Å². The zero-order valence-electron chi connectivity index (χ0n) is 17.2. The Labute approximate surface area is 188 Å². The molecule has 2 atom stereocenters. The highest BCUT2D eigenvalue weighted by Gasteiger charge is 2.40. The summed E-state index contributed by atoms with van der Waals surface area (Å²) in [6.07, 6.45) is -10.8. The second-order valence-corrected chi connectivity index (χ2v) is 7.32. The Morgan fingerprint density at radius 2 is 1.65 bits per heavy atom. The second kappa shape index (κ2) is 9.37. The quantitative estimate of drug-likeness (QED) is 0.474. The van der Waals surface area contributed by atoms with E-state index in [0.29, 0.717) is 0 Å². The molecule has 0 aliphatic carbocycles. The van der Waals surface area contributed by atoms with Gasteiger partial charge in [0, 0.05) is 17.3 Å². The highest BCUT2D eigenvalue weighted by atomic mass is 19.4. The summed E-state index contributed by atoms with van der Waals surface area (Å²) in [4.78, 5) is 19.8. The summed E-state index contributed by atoms with van der Waals surface area (Å²) in [6.45, 7) is 1.44. The normalized spacial score (nSPS) is 13.9. The van der Waals surface area contributed by atoms with Gasteiger partial charge in [-0.1, -0.05) is 6.07 Å². The minimum Gasteiger partial charge on any atom is -0.379 e. The van der Waals surface area contributed by atoms with E-state index in [0.717, 1.165) is 42.7 Å². The van der Waals surface area contributed by atoms with Crippen LogP contribution in [0.4, 0.5) is 30.7 Å². The average molecular weight is 487 g/mol. The van der Waals surface area contributed by atoms with Gasteiger partial charge in [-0.15, -0.1) is 0 Å². The first-order valence-electron chi connectivity index (χ1n) is 9.61. The number of aliphatic hydroxyl groups is 1. The van der Waals surface area contributed by atoms with Gasteiger partial charge in [0.2, 0.25) is 0 Å². The van der Waals surface area contributed by atoms with Crippen LogP contribution in [0.1, 0.15) is 46.2 Å². The van der Waals surface area contributed by atoms with Crippen molar-refractivity contribution in [3.05, 3.63) is 83.1 Å². The van der Waals surface area contributed by atoms with Crippen LogP contribution in [0.25, 0.3) is 11.3 Å². The molecule has 0 saturated carbocycles. The Kier molecular flexibility index (Phi) is 6.92. The summed E-state index contributed by atoms with van der Waals surface area (Å²) in [5.74, 6) is -1.56. The van der Waals surface area contributed by atoms with Crippen LogP contribution in [-0.4, -0.2) is 27.2 Å². The van der Waals surface area contributed by atoms with Crippen LogP contribution < -0.4 is 5.32 Å². The van der Waals surface area contributed by atoms with E-state index in [-0.39, 0.29) is 22.4 Å². The molecule has 0 aliphatic rings. The molecule has 0 saturated heterocycles. The van der Waals surface area contributed by atoms with Crippen LogP contribution in [0.15, 0.2) is 54.9 Å². The largest absolute Gasteiger partial charge is 0.433 e. The third-order valence-electron chi connectivity index (χ3n) is 4.79. The number of carbonyl (C=O) groups is 1. The predicted octanol–water partition coefficient (Wildman–Crippen LogP) is 5.39. The van der Waals surface area contributed by atoms with Crippen molar-refractivity contribution in [2.75, 3.05) is 0 Å². The van der Waals surface area contributed by atoms with Gasteiger partial charge in [-0.2, -0.15) is 26.3 Å². The number of nitrogens with one attached hydrogen (secondary N) is 1. The molecule has 0 bridgehead atoms. The van der Waals surface area contributed by atoms with Crippen molar-refractivity contribution < 1.29 is 40.6 Å². The van der Waals surface area contributed by atoms with Gasteiger partial charge in [-0.3, -0.25) is 14.8 Å². The molecular formula is C22H16F7N3O2. The molecule has 3 aromatic rings. The van der Waals surface area contributed by atoms with E-state index in [1.54, 1.807) is 0 Å². The maximum absolute atomic E-state index is 13.2. The lowest BCUT2D eigenvalue weighted by Crippen LogP contribution is -2.27. The van der Waals surface area contributed by atoms with Gasteiger partial charge in [0.15, 0.2) is 6.10 Å². The molecular weight excluding hydrogens is 471 g/mol. The molecule has 1 amide bonds. The first-order chi connectivity index (χ1) is 15.8. The molecule has 1 aromatic carbocycles. The van der Waals surface area contributed by atoms with Crippen molar-refractivity contribution in [2.24, 2.45) is 0 Å². The van der Waals surface area contributed by atoms with Gasteiger partial charge in [0.1, 0.15) is 11.5 Å². The van der Waals surface area contributed by atoms with E-state index in [9.17, 15) is 40.6 Å². The molecule has 0 spiro atoms. The maximum atomic E-state index is 13.2. The lowest BCUT2D eigenvalue weighted by Gasteiger charge is -2.19. The van der Waals surface area contributed by atoms with Gasteiger partial charge in [0.25, 0.3) is 5.91 Å². The molecule has 2 aromatic heterocycles. The van der Waals surface area contributed by atoms with Crippen LogP contribution in [-0.2, 0) is 6.18 Å². The van der Waals surface area contributed by atoms with E-state index in [4.69, 9.17) is 0 Å². The summed E-state index contributed by atoms with van der Waals surface area (Å²) in [6, 6.07) is 6.19. The number of benzene rings is 1. The number of halogens is 7. The highest BCUT2D eigenvalue weighted by Crippen LogP contribution is 2.35. The maximum Gasteiger partial charge on any atom is 0.433 e. The Bertz CT molecular complexity index is 1160. The number of rotatable bonds is 5. The Morgan fingerprint density at radius 1 is 0.941 bits per heavy atom. The SMILES string of the molecule is C[C@@H](NC(=O)c1cc(-c2ccc(F)cn2)cc(C(O)C(F)(F)F)c1)c1ccc(C(F)(F)F)nc1. The smallest absolute Gasteiger partial charge is 0.379 e. The lowest BCUT2D eigenvalue weighted by molar-refractivity contribution is -0.206. The first-order valence-corrected chi connectivity index (χ1v) is 9.61. The molecule has 3 rings (SSSR count). The van der Waals surface area contributed by atoms with Gasteiger partial charge < -0.3 is 10.4 Å². The number of aromatic nitrogens is 2. The predicted molar refractivity (Wildman–Crippen MR) is 106 cm³/mol. The van der Waals surface area contributed by atoms with Crippen molar-refractivity contribution in [1.82, 2.24) is 15.3 Å². The van der Waals surface area contributed by atoms with Crippen LogP contribution in [0, 0.1) is 5.82 Å².